The summed E-state index contributed by atoms with van der Waals surface area (Å²) >= 11 is 0. The predicted octanol–water partition coefficient (Wildman–Crippen LogP) is 2.54. The number of hydrogen-bond acceptors (Lipinski definition) is 3. The molecule has 1 amide bonds. The lowest BCUT2D eigenvalue weighted by Gasteiger charge is -2.23. The Labute approximate surface area is 133 Å². The maximum absolute atomic E-state index is 12.3. The Morgan fingerprint density at radius 3 is 2.73 bits per heavy atom. The second kappa shape index (κ2) is 8.18. The summed E-state index contributed by atoms with van der Waals surface area (Å²) in [6, 6.07) is 6.20. The van der Waals surface area contributed by atoms with Crippen LogP contribution in [0.3, 0.4) is 0 Å². The summed E-state index contributed by atoms with van der Waals surface area (Å²) in [5.74, 6) is 0.864. The van der Waals surface area contributed by atoms with E-state index in [1.807, 2.05) is 25.1 Å². The fourth-order valence-corrected chi connectivity index (χ4v) is 3.05. The summed E-state index contributed by atoms with van der Waals surface area (Å²) in [5.41, 5.74) is 2.10. The van der Waals surface area contributed by atoms with Crippen LogP contribution in [-0.4, -0.2) is 43.6 Å². The van der Waals surface area contributed by atoms with Crippen molar-refractivity contribution in [1.82, 2.24) is 10.2 Å². The van der Waals surface area contributed by atoms with Crippen LogP contribution in [0, 0.1) is 6.92 Å². The topological polar surface area (TPSA) is 41.6 Å². The minimum absolute atomic E-state index is 0.0787. The second-order valence-electron chi connectivity index (χ2n) is 6.17. The van der Waals surface area contributed by atoms with E-state index in [0.29, 0.717) is 6.42 Å². The van der Waals surface area contributed by atoms with Crippen LogP contribution >= 0.6 is 0 Å². The maximum atomic E-state index is 12.3. The highest BCUT2D eigenvalue weighted by Crippen LogP contribution is 2.20. The standard InChI is InChI=1S/C18H28N2O2/c1-4-16(13-20-9-5-6-10-20)19-18(21)12-15-11-14(2)7-8-17(15)22-3/h7-8,11,16H,4-6,9-10,12-13H2,1-3H3,(H,19,21)/t16-/m1/s1. The first-order chi connectivity index (χ1) is 10.6. The number of benzene rings is 1. The highest BCUT2D eigenvalue weighted by Gasteiger charge is 2.18. The Morgan fingerprint density at radius 1 is 1.36 bits per heavy atom. The van der Waals surface area contributed by atoms with Crippen LogP contribution in [0.5, 0.6) is 5.75 Å². The van der Waals surface area contributed by atoms with Crippen LogP contribution in [0.4, 0.5) is 0 Å². The van der Waals surface area contributed by atoms with Crippen molar-refractivity contribution in [2.24, 2.45) is 0 Å². The van der Waals surface area contributed by atoms with Crippen molar-refractivity contribution in [3.05, 3.63) is 29.3 Å². The molecule has 1 aliphatic heterocycles. The molecule has 1 aliphatic rings. The summed E-state index contributed by atoms with van der Waals surface area (Å²) in [6.07, 6.45) is 3.91. The highest BCUT2D eigenvalue weighted by molar-refractivity contribution is 5.79. The van der Waals surface area contributed by atoms with E-state index in [-0.39, 0.29) is 11.9 Å². The van der Waals surface area contributed by atoms with Gasteiger partial charge in [0.25, 0.3) is 0 Å². The van der Waals surface area contributed by atoms with Crippen LogP contribution in [0.15, 0.2) is 18.2 Å². The van der Waals surface area contributed by atoms with Gasteiger partial charge in [0.15, 0.2) is 0 Å². The number of likely N-dealkylation sites (tertiary alicyclic amines) is 1. The Morgan fingerprint density at radius 2 is 2.09 bits per heavy atom. The molecule has 0 radical (unpaired) electrons. The van der Waals surface area contributed by atoms with Crippen molar-refractivity contribution in [2.75, 3.05) is 26.7 Å². The number of rotatable bonds is 7. The summed E-state index contributed by atoms with van der Waals surface area (Å²) in [7, 11) is 1.65. The predicted molar refractivity (Wildman–Crippen MR) is 89.3 cm³/mol. The van der Waals surface area contributed by atoms with Gasteiger partial charge in [0.05, 0.1) is 13.5 Å². The molecule has 22 heavy (non-hydrogen) atoms. The molecule has 0 aliphatic carbocycles. The zero-order chi connectivity index (χ0) is 15.9. The molecule has 0 bridgehead atoms. The summed E-state index contributed by atoms with van der Waals surface area (Å²) < 4.78 is 5.35. The first-order valence-corrected chi connectivity index (χ1v) is 8.27. The van der Waals surface area contributed by atoms with Crippen molar-refractivity contribution in [3.8, 4) is 5.75 Å². The van der Waals surface area contributed by atoms with Crippen LogP contribution in [0.1, 0.15) is 37.3 Å². The fourth-order valence-electron chi connectivity index (χ4n) is 3.05. The van der Waals surface area contributed by atoms with E-state index in [2.05, 4.69) is 17.1 Å². The SMILES string of the molecule is CC[C@H](CN1CCCC1)NC(=O)Cc1cc(C)ccc1OC. The van der Waals surface area contributed by atoms with Crippen molar-refractivity contribution >= 4 is 5.91 Å². The smallest absolute Gasteiger partial charge is 0.224 e. The van der Waals surface area contributed by atoms with Crippen LogP contribution in [0.25, 0.3) is 0 Å². The first kappa shape index (κ1) is 16.8. The van der Waals surface area contributed by atoms with Crippen molar-refractivity contribution in [3.63, 3.8) is 0 Å². The average Bonchev–Trinajstić information content (AvgIpc) is 2.99. The minimum atomic E-state index is 0.0787. The minimum Gasteiger partial charge on any atom is -0.496 e. The average molecular weight is 304 g/mol. The van der Waals surface area contributed by atoms with Crippen LogP contribution < -0.4 is 10.1 Å². The summed E-state index contributed by atoms with van der Waals surface area (Å²) in [6.45, 7) is 7.46. The normalized spacial score (nSPS) is 16.5. The van der Waals surface area contributed by atoms with E-state index in [1.54, 1.807) is 7.11 Å². The van der Waals surface area contributed by atoms with E-state index < -0.39 is 0 Å². The molecule has 1 N–H and O–H groups in total. The molecule has 1 atom stereocenters. The summed E-state index contributed by atoms with van der Waals surface area (Å²) in [4.78, 5) is 14.8. The van der Waals surface area contributed by atoms with Crippen LogP contribution in [-0.2, 0) is 11.2 Å². The van der Waals surface area contributed by atoms with Gasteiger partial charge in [-0.2, -0.15) is 0 Å². The van der Waals surface area contributed by atoms with Crippen LogP contribution in [0.2, 0.25) is 0 Å². The Bertz CT molecular complexity index is 496. The number of amides is 1. The van der Waals surface area contributed by atoms with Gasteiger partial charge in [-0.3, -0.25) is 4.79 Å². The van der Waals surface area contributed by atoms with Gasteiger partial charge in [0.2, 0.25) is 5.91 Å². The zero-order valence-electron chi connectivity index (χ0n) is 14.0. The third-order valence-electron chi connectivity index (χ3n) is 4.32. The molecule has 122 valence electrons. The molecular weight excluding hydrogens is 276 g/mol. The molecular formula is C18H28N2O2. The van der Waals surface area contributed by atoms with E-state index in [9.17, 15) is 4.79 Å². The quantitative estimate of drug-likeness (QED) is 0.841. The van der Waals surface area contributed by atoms with Crippen molar-refractivity contribution < 1.29 is 9.53 Å². The lowest BCUT2D eigenvalue weighted by molar-refractivity contribution is -0.121. The fraction of sp³-hybridized carbons (Fsp3) is 0.611. The molecule has 1 saturated heterocycles. The Hall–Kier alpha value is -1.55. The number of carbonyl (C=O) groups excluding carboxylic acids is 1. The van der Waals surface area contributed by atoms with Crippen molar-refractivity contribution in [2.45, 2.75) is 45.6 Å². The van der Waals surface area contributed by atoms with Gasteiger partial charge in [-0.05, 0) is 45.3 Å². The van der Waals surface area contributed by atoms with Gasteiger partial charge in [-0.1, -0.05) is 24.6 Å². The number of nitrogens with one attached hydrogen (secondary N) is 1. The number of hydrogen-bond donors (Lipinski definition) is 1. The van der Waals surface area contributed by atoms with Crippen molar-refractivity contribution in [1.29, 1.82) is 0 Å². The second-order valence-corrected chi connectivity index (χ2v) is 6.17. The number of ether oxygens (including phenoxy) is 1. The lowest BCUT2D eigenvalue weighted by atomic mass is 10.1. The van der Waals surface area contributed by atoms with E-state index in [1.165, 1.54) is 12.8 Å². The highest BCUT2D eigenvalue weighted by atomic mass is 16.5. The molecule has 1 heterocycles. The van der Waals surface area contributed by atoms with Gasteiger partial charge >= 0.3 is 0 Å². The molecule has 0 saturated carbocycles. The van der Waals surface area contributed by atoms with Gasteiger partial charge in [-0.25, -0.2) is 0 Å². The molecule has 1 aromatic rings. The van der Waals surface area contributed by atoms with Gasteiger partial charge in [0.1, 0.15) is 5.75 Å². The number of nitrogens with zero attached hydrogens (tertiary/aromatic N) is 1. The third-order valence-corrected chi connectivity index (χ3v) is 4.32. The first-order valence-electron chi connectivity index (χ1n) is 8.27. The van der Waals surface area contributed by atoms with E-state index in [0.717, 1.165) is 42.9 Å². The zero-order valence-corrected chi connectivity index (χ0v) is 14.0. The molecule has 0 unspecified atom stereocenters. The summed E-state index contributed by atoms with van der Waals surface area (Å²) in [5, 5.41) is 3.18. The monoisotopic (exact) mass is 304 g/mol. The van der Waals surface area contributed by atoms with E-state index >= 15 is 0 Å². The Kier molecular flexibility index (Phi) is 6.25. The third kappa shape index (κ3) is 4.73. The van der Waals surface area contributed by atoms with Gasteiger partial charge in [0, 0.05) is 18.2 Å². The number of carbonyl (C=O) groups is 1. The van der Waals surface area contributed by atoms with Gasteiger partial charge in [-0.15, -0.1) is 0 Å². The Balaban J connectivity index is 1.91. The molecule has 4 nitrogen and oxygen atoms in total. The molecule has 0 spiro atoms. The number of aryl methyl sites for hydroxylation is 1. The largest absolute Gasteiger partial charge is 0.496 e. The molecule has 2 rings (SSSR count). The lowest BCUT2D eigenvalue weighted by Crippen LogP contribution is -2.43. The molecule has 0 aromatic heterocycles. The van der Waals surface area contributed by atoms with Gasteiger partial charge < -0.3 is 15.0 Å². The molecule has 4 heteroatoms. The number of methoxy groups -OCH3 is 1. The van der Waals surface area contributed by atoms with E-state index in [4.69, 9.17) is 4.74 Å². The maximum Gasteiger partial charge on any atom is 0.224 e. The molecule has 1 aromatic carbocycles. The molecule has 1 fully saturated rings.